The molecule has 0 saturated heterocycles. The number of allylic oxidation sites excluding steroid dienone is 3. The zero-order chi connectivity index (χ0) is 26.1. The molecule has 1 N–H and O–H groups in total. The van der Waals surface area contributed by atoms with Crippen LogP contribution in [-0.2, 0) is 11.2 Å². The molecule has 4 nitrogen and oxygen atoms in total. The van der Waals surface area contributed by atoms with Gasteiger partial charge in [0, 0.05) is 31.0 Å². The molecule has 0 amide bonds. The Hall–Kier alpha value is -3.01. The Kier molecular flexibility index (Phi) is 14.9. The zero-order valence-corrected chi connectivity index (χ0v) is 22.8. The molecule has 35 heavy (non-hydrogen) atoms. The average molecular weight is 476 g/mol. The normalized spacial score (nSPS) is 12.3. The van der Waals surface area contributed by atoms with Crippen molar-refractivity contribution in [3.8, 4) is 0 Å². The van der Waals surface area contributed by atoms with Gasteiger partial charge in [0.1, 0.15) is 5.82 Å². The Morgan fingerprint density at radius 2 is 1.80 bits per heavy atom. The highest BCUT2D eigenvalue weighted by Gasteiger charge is 2.12. The highest BCUT2D eigenvalue weighted by Crippen LogP contribution is 2.27. The molecule has 1 aliphatic heterocycles. The number of aromatic amines is 1. The van der Waals surface area contributed by atoms with Gasteiger partial charge in [-0.2, -0.15) is 0 Å². The Balaban J connectivity index is 0.00000145. The molecular weight excluding hydrogens is 430 g/mol. The largest absolute Gasteiger partial charge is 0.342 e. The van der Waals surface area contributed by atoms with Gasteiger partial charge in [0.15, 0.2) is 5.78 Å². The van der Waals surface area contributed by atoms with Gasteiger partial charge >= 0.3 is 0 Å². The maximum Gasteiger partial charge on any atom is 0.177 e. The molecule has 4 heteroatoms. The third-order valence-corrected chi connectivity index (χ3v) is 5.75. The fraction of sp³-hybridized carbons (Fsp3) is 0.452. The highest BCUT2D eigenvalue weighted by atomic mass is 16.1. The molecule has 1 aliphatic rings. The summed E-state index contributed by atoms with van der Waals surface area (Å²) in [5.74, 6) is 1.21. The summed E-state index contributed by atoms with van der Waals surface area (Å²) in [7, 11) is 0. The van der Waals surface area contributed by atoms with Crippen LogP contribution in [0.25, 0.3) is 11.6 Å². The quantitative estimate of drug-likeness (QED) is 0.246. The van der Waals surface area contributed by atoms with E-state index in [1.165, 1.54) is 11.1 Å². The van der Waals surface area contributed by atoms with Crippen LogP contribution in [0.2, 0.25) is 0 Å². The van der Waals surface area contributed by atoms with E-state index in [1.807, 2.05) is 40.0 Å². The van der Waals surface area contributed by atoms with Crippen molar-refractivity contribution in [1.82, 2.24) is 9.97 Å². The number of rotatable bonds is 12. The van der Waals surface area contributed by atoms with Crippen LogP contribution in [0.3, 0.4) is 0 Å². The molecule has 0 spiro atoms. The molecule has 2 heterocycles. The molecule has 0 radical (unpaired) electrons. The number of carbonyl (C=O) groups excluding carboxylic acids is 1. The minimum Gasteiger partial charge on any atom is -0.342 e. The predicted molar refractivity (Wildman–Crippen MR) is 153 cm³/mol. The number of unbranched alkanes of at least 4 members (excludes halogenated alkanes) is 3. The van der Waals surface area contributed by atoms with E-state index in [1.54, 1.807) is 6.20 Å². The zero-order valence-electron chi connectivity index (χ0n) is 22.8. The summed E-state index contributed by atoms with van der Waals surface area (Å²) in [6, 6.07) is 8.39. The smallest absolute Gasteiger partial charge is 0.177 e. The van der Waals surface area contributed by atoms with Crippen LogP contribution in [0.15, 0.2) is 59.9 Å². The number of H-pyrrole nitrogens is 1. The van der Waals surface area contributed by atoms with Gasteiger partial charge in [0.05, 0.1) is 17.6 Å². The number of ketones is 1. The third kappa shape index (κ3) is 10.0. The van der Waals surface area contributed by atoms with E-state index >= 15 is 0 Å². The van der Waals surface area contributed by atoms with E-state index in [0.29, 0.717) is 18.6 Å². The standard InChI is InChI=1S/C27H33N3O.2C2H6/c1-4-20(2)23(18-22-13-10-9-12-21(22)3)25-19-29-27(30-25)16-8-6-5-7-15-26(31)24-14-11-17-28-24;2*1-2/h9-13,17-19H,2,4-8,14-16H2,1,3H3,(H,29,30);2*1-2H3/b23-18+;;. The van der Waals surface area contributed by atoms with E-state index in [0.717, 1.165) is 61.2 Å². The van der Waals surface area contributed by atoms with Crippen LogP contribution in [0.5, 0.6) is 0 Å². The Labute approximate surface area is 213 Å². The molecule has 0 bridgehead atoms. The van der Waals surface area contributed by atoms with Crippen molar-refractivity contribution in [2.24, 2.45) is 4.99 Å². The first kappa shape index (κ1) is 30.0. The third-order valence-electron chi connectivity index (χ3n) is 5.75. The van der Waals surface area contributed by atoms with Crippen molar-refractivity contribution >= 4 is 23.1 Å². The lowest BCUT2D eigenvalue weighted by Crippen LogP contribution is -2.10. The lowest BCUT2D eigenvalue weighted by molar-refractivity contribution is -0.113. The van der Waals surface area contributed by atoms with E-state index in [9.17, 15) is 4.79 Å². The van der Waals surface area contributed by atoms with Gasteiger partial charge in [0.25, 0.3) is 0 Å². The molecule has 190 valence electrons. The molecule has 0 fully saturated rings. The van der Waals surface area contributed by atoms with Gasteiger partial charge in [-0.15, -0.1) is 0 Å². The average Bonchev–Trinajstić information content (AvgIpc) is 3.60. The number of imidazole rings is 1. The van der Waals surface area contributed by atoms with Gasteiger partial charge in [0.2, 0.25) is 0 Å². The fourth-order valence-electron chi connectivity index (χ4n) is 3.71. The van der Waals surface area contributed by atoms with Crippen LogP contribution >= 0.6 is 0 Å². The first-order valence-electron chi connectivity index (χ1n) is 13.3. The van der Waals surface area contributed by atoms with Gasteiger partial charge < -0.3 is 4.98 Å². The van der Waals surface area contributed by atoms with E-state index in [4.69, 9.17) is 0 Å². The van der Waals surface area contributed by atoms with Crippen molar-refractivity contribution < 1.29 is 4.79 Å². The molecule has 1 aromatic heterocycles. The molecule has 0 saturated carbocycles. The van der Waals surface area contributed by atoms with Crippen LogP contribution in [0, 0.1) is 6.92 Å². The second kappa shape index (κ2) is 17.4. The number of hydrogen-bond acceptors (Lipinski definition) is 3. The molecule has 0 unspecified atom stereocenters. The first-order valence-corrected chi connectivity index (χ1v) is 13.3. The summed E-state index contributed by atoms with van der Waals surface area (Å²) in [5.41, 5.74) is 6.42. The van der Waals surface area contributed by atoms with E-state index < -0.39 is 0 Å². The number of aromatic nitrogens is 2. The molecule has 0 atom stereocenters. The van der Waals surface area contributed by atoms with E-state index in [-0.39, 0.29) is 5.78 Å². The van der Waals surface area contributed by atoms with Crippen molar-refractivity contribution in [3.05, 3.63) is 77.5 Å². The van der Waals surface area contributed by atoms with Gasteiger partial charge in [-0.1, -0.05) is 84.4 Å². The van der Waals surface area contributed by atoms with Crippen LogP contribution in [0.4, 0.5) is 0 Å². The number of aryl methyl sites for hydroxylation is 2. The number of Topliss-reactive ketones (excluding diaryl/α,β-unsaturated/α-hetero) is 1. The lowest BCUT2D eigenvalue weighted by Gasteiger charge is -2.09. The Bertz CT molecular complexity index is 1010. The highest BCUT2D eigenvalue weighted by molar-refractivity contribution is 6.40. The predicted octanol–water partition coefficient (Wildman–Crippen LogP) is 8.70. The summed E-state index contributed by atoms with van der Waals surface area (Å²) >= 11 is 0. The molecule has 0 aliphatic carbocycles. The fourth-order valence-corrected chi connectivity index (χ4v) is 3.71. The number of benzene rings is 1. The number of nitrogens with zero attached hydrogens (tertiary/aromatic N) is 2. The second-order valence-corrected chi connectivity index (χ2v) is 8.12. The topological polar surface area (TPSA) is 58.1 Å². The van der Waals surface area contributed by atoms with Crippen molar-refractivity contribution in [2.45, 2.75) is 92.9 Å². The monoisotopic (exact) mass is 475 g/mol. The van der Waals surface area contributed by atoms with Crippen molar-refractivity contribution in [3.63, 3.8) is 0 Å². The van der Waals surface area contributed by atoms with Crippen molar-refractivity contribution in [1.29, 1.82) is 0 Å². The molecule has 2 aromatic rings. The van der Waals surface area contributed by atoms with Gasteiger partial charge in [-0.05, 0) is 49.0 Å². The minimum absolute atomic E-state index is 0.199. The molecule has 1 aromatic carbocycles. The first-order chi connectivity index (χ1) is 17.1. The Morgan fingerprint density at radius 3 is 2.46 bits per heavy atom. The molecule has 3 rings (SSSR count). The van der Waals surface area contributed by atoms with Crippen LogP contribution in [-0.4, -0.2) is 21.5 Å². The maximum atomic E-state index is 12.0. The lowest BCUT2D eigenvalue weighted by atomic mass is 9.98. The summed E-state index contributed by atoms with van der Waals surface area (Å²) in [5, 5.41) is 0. The number of carbonyl (C=O) groups is 1. The maximum absolute atomic E-state index is 12.0. The number of nitrogens with one attached hydrogen (secondary N) is 1. The summed E-state index contributed by atoms with van der Waals surface area (Å²) in [6.07, 6.45) is 15.1. The molecular formula is C31H45N3O. The van der Waals surface area contributed by atoms with Gasteiger partial charge in [-0.25, -0.2) is 4.98 Å². The van der Waals surface area contributed by atoms with Crippen LogP contribution in [0.1, 0.15) is 102 Å². The summed E-state index contributed by atoms with van der Waals surface area (Å²) in [6.45, 7) is 16.5. The Morgan fingerprint density at radius 1 is 1.09 bits per heavy atom. The van der Waals surface area contributed by atoms with Crippen molar-refractivity contribution in [2.75, 3.05) is 0 Å². The summed E-state index contributed by atoms with van der Waals surface area (Å²) in [4.78, 5) is 24.2. The number of hydrogen-bond donors (Lipinski definition) is 1. The number of aliphatic imine (C=N–C) groups is 1. The summed E-state index contributed by atoms with van der Waals surface area (Å²) < 4.78 is 0. The SMILES string of the molecule is C=C(CC)/C(=C\c1ccccc1C)c1cnc(CCCCCCC(=O)C2=NC=CC2)[nH]1.CC.CC. The second-order valence-electron chi connectivity index (χ2n) is 8.12. The van der Waals surface area contributed by atoms with Gasteiger partial charge in [-0.3, -0.25) is 9.79 Å². The van der Waals surface area contributed by atoms with E-state index in [2.05, 4.69) is 65.7 Å². The minimum atomic E-state index is 0.199. The van der Waals surface area contributed by atoms with Crippen LogP contribution < -0.4 is 0 Å².